The predicted octanol–water partition coefficient (Wildman–Crippen LogP) is 4.99. The first-order valence-electron chi connectivity index (χ1n) is 10.3. The molecular weight excluding hydrogens is 389 g/mol. The van der Waals surface area contributed by atoms with Crippen molar-refractivity contribution in [1.82, 2.24) is 15.1 Å². The zero-order chi connectivity index (χ0) is 21.5. The van der Waals surface area contributed by atoms with E-state index in [0.717, 1.165) is 23.2 Å². The molecule has 5 heteroatoms. The maximum absolute atomic E-state index is 13.7. The van der Waals surface area contributed by atoms with Crippen LogP contribution in [0, 0.1) is 5.82 Å². The lowest BCUT2D eigenvalue weighted by Gasteiger charge is -2.12. The van der Waals surface area contributed by atoms with Crippen molar-refractivity contribution in [2.24, 2.45) is 0 Å². The summed E-state index contributed by atoms with van der Waals surface area (Å²) in [5.74, 6) is -0.357. The maximum atomic E-state index is 13.7. The van der Waals surface area contributed by atoms with Gasteiger partial charge in [-0.25, -0.2) is 4.39 Å². The summed E-state index contributed by atoms with van der Waals surface area (Å²) in [6.45, 7) is 1.16. The number of hydrogen-bond acceptors (Lipinski definition) is 2. The summed E-state index contributed by atoms with van der Waals surface area (Å²) >= 11 is 0. The van der Waals surface area contributed by atoms with E-state index >= 15 is 0 Å². The van der Waals surface area contributed by atoms with E-state index in [1.807, 2.05) is 35.1 Å². The van der Waals surface area contributed by atoms with Crippen molar-refractivity contribution in [2.45, 2.75) is 25.9 Å². The van der Waals surface area contributed by atoms with Gasteiger partial charge in [0.2, 0.25) is 5.91 Å². The number of carbonyl (C=O) groups excluding carboxylic acids is 1. The van der Waals surface area contributed by atoms with Gasteiger partial charge in [-0.1, -0.05) is 66.7 Å². The van der Waals surface area contributed by atoms with Crippen molar-refractivity contribution in [3.63, 3.8) is 0 Å². The number of amides is 1. The highest BCUT2D eigenvalue weighted by Gasteiger charge is 2.09. The van der Waals surface area contributed by atoms with Crippen LogP contribution in [0.25, 0.3) is 11.1 Å². The van der Waals surface area contributed by atoms with Gasteiger partial charge in [0.25, 0.3) is 0 Å². The van der Waals surface area contributed by atoms with Crippen molar-refractivity contribution in [1.29, 1.82) is 0 Å². The summed E-state index contributed by atoms with van der Waals surface area (Å²) < 4.78 is 15.6. The molecule has 0 aliphatic rings. The van der Waals surface area contributed by atoms with Crippen LogP contribution in [0.15, 0.2) is 91.3 Å². The molecule has 4 aromatic rings. The summed E-state index contributed by atoms with van der Waals surface area (Å²) in [7, 11) is 0. The van der Waals surface area contributed by atoms with E-state index in [1.54, 1.807) is 24.4 Å². The van der Waals surface area contributed by atoms with E-state index in [1.165, 1.54) is 11.6 Å². The molecule has 0 saturated heterocycles. The standard InChI is InChI=1S/C26H24FN3O/c27-25-9-4-2-6-22(25)14-15-26(31)28-18-23-7-1-3-8-24(23)21-12-10-20(11-13-21)19-30-17-5-16-29-30/h1-13,16-17H,14-15,18-19H2,(H,28,31). The summed E-state index contributed by atoms with van der Waals surface area (Å²) in [6.07, 6.45) is 4.36. The summed E-state index contributed by atoms with van der Waals surface area (Å²) in [5, 5.41) is 7.21. The second-order valence-electron chi connectivity index (χ2n) is 7.43. The van der Waals surface area contributed by atoms with Gasteiger partial charge in [-0.3, -0.25) is 9.48 Å². The Morgan fingerprint density at radius 2 is 1.65 bits per heavy atom. The van der Waals surface area contributed by atoms with Crippen molar-refractivity contribution in [3.05, 3.63) is 114 Å². The first-order valence-corrected chi connectivity index (χ1v) is 10.3. The molecule has 1 aromatic heterocycles. The van der Waals surface area contributed by atoms with Gasteiger partial charge in [-0.2, -0.15) is 5.10 Å². The molecule has 0 spiro atoms. The van der Waals surface area contributed by atoms with Gasteiger partial charge >= 0.3 is 0 Å². The lowest BCUT2D eigenvalue weighted by Crippen LogP contribution is -2.23. The average molecular weight is 413 g/mol. The number of hydrogen-bond donors (Lipinski definition) is 1. The molecule has 0 bridgehead atoms. The van der Waals surface area contributed by atoms with Crippen molar-refractivity contribution >= 4 is 5.91 Å². The lowest BCUT2D eigenvalue weighted by atomic mass is 9.98. The average Bonchev–Trinajstić information content (AvgIpc) is 3.31. The van der Waals surface area contributed by atoms with Gasteiger partial charge in [-0.15, -0.1) is 0 Å². The second-order valence-corrected chi connectivity index (χ2v) is 7.43. The van der Waals surface area contributed by atoms with E-state index in [0.29, 0.717) is 18.5 Å². The Kier molecular flexibility index (Phi) is 6.53. The number of nitrogens with zero attached hydrogens (tertiary/aromatic N) is 2. The normalized spacial score (nSPS) is 10.7. The minimum Gasteiger partial charge on any atom is -0.352 e. The van der Waals surface area contributed by atoms with Crippen molar-refractivity contribution in [3.8, 4) is 11.1 Å². The highest BCUT2D eigenvalue weighted by molar-refractivity contribution is 5.77. The quantitative estimate of drug-likeness (QED) is 0.443. The maximum Gasteiger partial charge on any atom is 0.220 e. The van der Waals surface area contributed by atoms with Crippen molar-refractivity contribution < 1.29 is 9.18 Å². The predicted molar refractivity (Wildman–Crippen MR) is 120 cm³/mol. The fraction of sp³-hybridized carbons (Fsp3) is 0.154. The molecule has 0 unspecified atom stereocenters. The first-order chi connectivity index (χ1) is 15.2. The van der Waals surface area contributed by atoms with E-state index in [9.17, 15) is 9.18 Å². The van der Waals surface area contributed by atoms with Crippen LogP contribution in [0.4, 0.5) is 4.39 Å². The zero-order valence-corrected chi connectivity index (χ0v) is 17.2. The molecule has 1 amide bonds. The molecule has 4 rings (SSSR count). The molecule has 0 atom stereocenters. The van der Waals surface area contributed by atoms with Crippen LogP contribution in [-0.4, -0.2) is 15.7 Å². The summed E-state index contributed by atoms with van der Waals surface area (Å²) in [4.78, 5) is 12.3. The molecule has 1 heterocycles. The third-order valence-electron chi connectivity index (χ3n) is 5.24. The Morgan fingerprint density at radius 1 is 0.903 bits per heavy atom. The fourth-order valence-corrected chi connectivity index (χ4v) is 3.56. The molecule has 4 nitrogen and oxygen atoms in total. The fourth-order valence-electron chi connectivity index (χ4n) is 3.56. The Labute approximate surface area is 181 Å². The van der Waals surface area contributed by atoms with Crippen LogP contribution >= 0.6 is 0 Å². The van der Waals surface area contributed by atoms with Crippen LogP contribution in [0.2, 0.25) is 0 Å². The number of rotatable bonds is 8. The molecule has 156 valence electrons. The number of benzene rings is 3. The Hall–Kier alpha value is -3.73. The lowest BCUT2D eigenvalue weighted by molar-refractivity contribution is -0.121. The Morgan fingerprint density at radius 3 is 2.39 bits per heavy atom. The smallest absolute Gasteiger partial charge is 0.220 e. The molecular formula is C26H24FN3O. The molecule has 3 aromatic carbocycles. The van der Waals surface area contributed by atoms with Gasteiger partial charge in [0.15, 0.2) is 0 Å². The molecule has 0 aliphatic carbocycles. The minimum atomic E-state index is -0.267. The van der Waals surface area contributed by atoms with Gasteiger partial charge in [0.1, 0.15) is 5.82 Å². The van der Waals surface area contributed by atoms with Crippen LogP contribution < -0.4 is 5.32 Å². The monoisotopic (exact) mass is 413 g/mol. The van der Waals surface area contributed by atoms with E-state index in [4.69, 9.17) is 0 Å². The van der Waals surface area contributed by atoms with E-state index in [-0.39, 0.29) is 18.1 Å². The molecule has 0 saturated carbocycles. The molecule has 0 radical (unpaired) electrons. The van der Waals surface area contributed by atoms with Crippen molar-refractivity contribution in [2.75, 3.05) is 0 Å². The van der Waals surface area contributed by atoms with Crippen LogP contribution in [0.1, 0.15) is 23.1 Å². The number of halogens is 1. The summed E-state index contributed by atoms with van der Waals surface area (Å²) in [6, 6.07) is 24.9. The first kappa shape index (κ1) is 20.5. The number of carbonyl (C=O) groups is 1. The molecule has 0 aliphatic heterocycles. The number of nitrogens with one attached hydrogen (secondary N) is 1. The SMILES string of the molecule is O=C(CCc1ccccc1F)NCc1ccccc1-c1ccc(Cn2cccn2)cc1. The van der Waals surface area contributed by atoms with Gasteiger partial charge in [0.05, 0.1) is 6.54 Å². The van der Waals surface area contributed by atoms with Crippen LogP contribution in [0.5, 0.6) is 0 Å². The largest absolute Gasteiger partial charge is 0.352 e. The minimum absolute atomic E-state index is 0.0902. The highest BCUT2D eigenvalue weighted by Crippen LogP contribution is 2.24. The molecule has 0 fully saturated rings. The zero-order valence-electron chi connectivity index (χ0n) is 17.2. The number of aryl methyl sites for hydroxylation is 1. The highest BCUT2D eigenvalue weighted by atomic mass is 19.1. The van der Waals surface area contributed by atoms with Gasteiger partial charge in [-0.05, 0) is 46.4 Å². The topological polar surface area (TPSA) is 46.9 Å². The van der Waals surface area contributed by atoms with E-state index in [2.05, 4.69) is 40.7 Å². The van der Waals surface area contributed by atoms with Gasteiger partial charge < -0.3 is 5.32 Å². The summed E-state index contributed by atoms with van der Waals surface area (Å²) in [5.41, 5.74) is 4.96. The second kappa shape index (κ2) is 9.85. The van der Waals surface area contributed by atoms with E-state index < -0.39 is 0 Å². The number of aromatic nitrogens is 2. The van der Waals surface area contributed by atoms with Gasteiger partial charge in [0, 0.05) is 25.4 Å². The molecule has 1 N–H and O–H groups in total. The Balaban J connectivity index is 1.38. The van der Waals surface area contributed by atoms with Crippen LogP contribution in [0.3, 0.4) is 0 Å². The molecule has 31 heavy (non-hydrogen) atoms. The van der Waals surface area contributed by atoms with Crippen LogP contribution in [-0.2, 0) is 24.3 Å². The third kappa shape index (κ3) is 5.45. The Bertz CT molecular complexity index is 1140. The third-order valence-corrected chi connectivity index (χ3v) is 5.24.